The van der Waals surface area contributed by atoms with Gasteiger partial charge in [0.25, 0.3) is 0 Å². The Morgan fingerprint density at radius 2 is 1.19 bits per heavy atom. The number of carbonyl (C=O) groups excluding carboxylic acids is 3. The van der Waals surface area contributed by atoms with Crippen molar-refractivity contribution < 1.29 is 18.5 Å². The summed E-state index contributed by atoms with van der Waals surface area (Å²) in [6.07, 6.45) is -5.24. The largest absolute Gasteiger partial charge is 0.340 e. The van der Waals surface area contributed by atoms with Gasteiger partial charge in [-0.3, -0.25) is 14.4 Å². The second-order valence-electron chi connectivity index (χ2n) is 3.87. The zero-order valence-electron chi connectivity index (χ0n) is 14.3. The minimum atomic E-state index is -1.33. The van der Waals surface area contributed by atoms with E-state index in [9.17, 15) is 28.8 Å². The molecule has 0 aliphatic rings. The van der Waals surface area contributed by atoms with Crippen molar-refractivity contribution in [3.8, 4) is 0 Å². The van der Waals surface area contributed by atoms with Gasteiger partial charge >= 0.3 is 17.1 Å². The minimum absolute atomic E-state index is 0. The summed E-state index contributed by atoms with van der Waals surface area (Å²) >= 11 is 0. The average Bonchev–Trinajstić information content (AvgIpc) is 2.45. The van der Waals surface area contributed by atoms with Crippen LogP contribution in [-0.2, 0) is 27.7 Å². The molecule has 27 heavy (non-hydrogen) atoms. The minimum Gasteiger partial charge on any atom is -0.340 e. The lowest BCUT2D eigenvalue weighted by Gasteiger charge is -2.17. The predicted octanol–water partition coefficient (Wildman–Crippen LogP) is -0.976. The molecule has 1 aromatic rings. The van der Waals surface area contributed by atoms with Crippen molar-refractivity contribution in [3.63, 3.8) is 0 Å². The van der Waals surface area contributed by atoms with Crippen molar-refractivity contribution in [1.29, 1.82) is 0 Å². The molecule has 12 nitrogen and oxygen atoms in total. The predicted molar refractivity (Wildman–Crippen MR) is 105 cm³/mol. The third-order valence-electron chi connectivity index (χ3n) is 2.61. The molecule has 1 aromatic heterocycles. The van der Waals surface area contributed by atoms with Gasteiger partial charge in [-0.05, 0) is 6.92 Å². The number of hydrogen-bond acceptors (Lipinski definition) is 6. The molecule has 160 valence electrons. The van der Waals surface area contributed by atoms with Crippen LogP contribution >= 0.6 is 0 Å². The van der Waals surface area contributed by atoms with Crippen LogP contribution in [0.15, 0.2) is 14.4 Å². The Morgan fingerprint density at radius 3 is 1.48 bits per heavy atom. The standard InChI is InChI=1S/C10H14N6O6.5CH4/c1-7(13-6-19)16-9(21)14(2-11-4-17)8(20)15(10(16)22)3-12-5-18;;;;;/h4-7H,2-3H2,1H3,(H,11,17)(H,12,18)(H,13,19);5*1H4/i4T,5T,6T;;;;;. The molecule has 0 spiro atoms. The van der Waals surface area contributed by atoms with E-state index in [1.54, 1.807) is 0 Å². The molecule has 0 radical (unpaired) electrons. The maximum absolute atomic E-state index is 12.3. The van der Waals surface area contributed by atoms with E-state index in [-0.39, 0.29) is 37.1 Å². The zero-order chi connectivity index (χ0) is 19.3. The van der Waals surface area contributed by atoms with Gasteiger partial charge in [0.05, 0.1) is 0 Å². The summed E-state index contributed by atoms with van der Waals surface area (Å²) in [5.74, 6) is 0. The monoisotopic (exact) mass is 400 g/mol. The van der Waals surface area contributed by atoms with E-state index in [1.807, 2.05) is 16.0 Å². The quantitative estimate of drug-likeness (QED) is 0.522. The topological polar surface area (TPSA) is 153 Å². The Kier molecular flexibility index (Phi) is 15.7. The van der Waals surface area contributed by atoms with E-state index >= 15 is 0 Å². The number of rotatable bonds is 6. The Balaban J connectivity index is -0.000000417. The Bertz CT molecular complexity index is 823. The molecule has 0 saturated carbocycles. The van der Waals surface area contributed by atoms with E-state index in [0.29, 0.717) is 13.7 Å². The van der Waals surface area contributed by atoms with Gasteiger partial charge in [0.1, 0.15) is 23.6 Å². The Morgan fingerprint density at radius 1 is 0.815 bits per heavy atom. The van der Waals surface area contributed by atoms with Gasteiger partial charge in [0, 0.05) is 0 Å². The fourth-order valence-electron chi connectivity index (χ4n) is 1.63. The van der Waals surface area contributed by atoms with Crippen LogP contribution in [0.5, 0.6) is 0 Å². The van der Waals surface area contributed by atoms with Crippen LogP contribution in [0.3, 0.4) is 0 Å². The fourth-order valence-corrected chi connectivity index (χ4v) is 1.63. The van der Waals surface area contributed by atoms with Crippen molar-refractivity contribution in [3.05, 3.63) is 31.5 Å². The SMILES string of the molecule is C.C.C.C.C.[3H]C(=O)NCn1c(=O)n(CNC([3H])=O)c(=O)n(C(C)NC([3H])=O)c1=O. The van der Waals surface area contributed by atoms with Crippen LogP contribution < -0.4 is 33.0 Å². The molecular formula is C15H34N6O6. The summed E-state index contributed by atoms with van der Waals surface area (Å²) in [5.41, 5.74) is -3.67. The summed E-state index contributed by atoms with van der Waals surface area (Å²) in [5, 5.41) is 5.71. The second-order valence-corrected chi connectivity index (χ2v) is 3.87. The lowest BCUT2D eigenvalue weighted by atomic mass is 10.5. The first-order valence-electron chi connectivity index (χ1n) is 7.28. The van der Waals surface area contributed by atoms with Gasteiger partial charge in [-0.1, -0.05) is 37.1 Å². The van der Waals surface area contributed by atoms with Gasteiger partial charge in [0.2, 0.25) is 19.2 Å². The van der Waals surface area contributed by atoms with Gasteiger partial charge < -0.3 is 16.0 Å². The molecule has 0 bridgehead atoms. The molecule has 1 heterocycles. The average molecular weight is 400 g/mol. The van der Waals surface area contributed by atoms with Crippen LogP contribution in [0.1, 0.15) is 54.3 Å². The third kappa shape index (κ3) is 7.71. The normalized spacial score (nSPS) is 10.8. The maximum Gasteiger partial charge on any atom is 0.339 e. The van der Waals surface area contributed by atoms with Gasteiger partial charge in [-0.15, -0.1) is 0 Å². The second kappa shape index (κ2) is 16.3. The van der Waals surface area contributed by atoms with Crippen molar-refractivity contribution in [2.75, 3.05) is 0 Å². The zero-order valence-corrected chi connectivity index (χ0v) is 11.3. The molecular weight excluding hydrogens is 360 g/mol. The van der Waals surface area contributed by atoms with Crippen molar-refractivity contribution in [1.82, 2.24) is 29.7 Å². The van der Waals surface area contributed by atoms with E-state index in [0.717, 1.165) is 0 Å². The number of carbonyl (C=O) groups is 3. The van der Waals surface area contributed by atoms with Crippen molar-refractivity contribution in [2.24, 2.45) is 0 Å². The van der Waals surface area contributed by atoms with Crippen LogP contribution in [0, 0.1) is 0 Å². The number of nitrogens with one attached hydrogen (secondary N) is 3. The smallest absolute Gasteiger partial charge is 0.339 e. The van der Waals surface area contributed by atoms with E-state index in [1.165, 1.54) is 6.92 Å². The summed E-state index contributed by atoms with van der Waals surface area (Å²) in [4.78, 5) is 69.0. The van der Waals surface area contributed by atoms with E-state index < -0.39 is 55.7 Å². The molecule has 0 aromatic carbocycles. The number of nitrogens with zero attached hydrogens (tertiary/aromatic N) is 3. The molecule has 1 atom stereocenters. The first-order chi connectivity index (χ1) is 11.6. The molecule has 1 rings (SSSR count). The molecule has 0 aliphatic heterocycles. The molecule has 0 fully saturated rings. The highest BCUT2D eigenvalue weighted by molar-refractivity contribution is 5.46. The maximum atomic E-state index is 12.3. The first-order valence-corrected chi connectivity index (χ1v) is 5.78. The lowest BCUT2D eigenvalue weighted by molar-refractivity contribution is -0.111. The van der Waals surface area contributed by atoms with Crippen LogP contribution in [0.25, 0.3) is 0 Å². The van der Waals surface area contributed by atoms with Crippen LogP contribution in [0.2, 0.25) is 0 Å². The summed E-state index contributed by atoms with van der Waals surface area (Å²) in [6, 6.07) is 0. The molecule has 0 aliphatic carbocycles. The summed E-state index contributed by atoms with van der Waals surface area (Å²) in [7, 11) is 0. The molecule has 0 saturated heterocycles. The number of aromatic nitrogens is 3. The van der Waals surface area contributed by atoms with Crippen molar-refractivity contribution >= 4 is 19.2 Å². The van der Waals surface area contributed by atoms with Crippen molar-refractivity contribution in [2.45, 2.75) is 63.6 Å². The van der Waals surface area contributed by atoms with E-state index in [4.69, 9.17) is 4.11 Å². The molecule has 3 N–H and O–H groups in total. The first kappa shape index (κ1) is 26.1. The molecule has 12 heteroatoms. The van der Waals surface area contributed by atoms with E-state index in [2.05, 4.69) is 0 Å². The number of amides is 3. The summed E-state index contributed by atoms with van der Waals surface area (Å²) < 4.78 is 21.4. The van der Waals surface area contributed by atoms with Gasteiger partial charge in [0.15, 0.2) is 0 Å². The fraction of sp³-hybridized carbons (Fsp3) is 0.600. The van der Waals surface area contributed by atoms with Crippen LogP contribution in [-0.4, -0.2) is 32.9 Å². The van der Waals surface area contributed by atoms with Crippen LogP contribution in [0.4, 0.5) is 0 Å². The third-order valence-corrected chi connectivity index (χ3v) is 2.61. The lowest BCUT2D eigenvalue weighted by Crippen LogP contribution is -2.58. The number of hydrogen-bond donors (Lipinski definition) is 3. The highest BCUT2D eigenvalue weighted by Gasteiger charge is 2.18. The molecule has 1 unspecified atom stereocenters. The van der Waals surface area contributed by atoms with Gasteiger partial charge in [-0.25, -0.2) is 28.1 Å². The highest BCUT2D eigenvalue weighted by Crippen LogP contribution is 1.89. The summed E-state index contributed by atoms with van der Waals surface area (Å²) in [6.45, 7) is -0.326. The highest BCUT2D eigenvalue weighted by atomic mass is 16.2. The van der Waals surface area contributed by atoms with Gasteiger partial charge in [-0.2, -0.15) is 0 Å². The Labute approximate surface area is 163 Å². The molecule has 3 amide bonds. The Hall–Kier alpha value is -3.18.